The van der Waals surface area contributed by atoms with Crippen LogP contribution in [0.1, 0.15) is 12.8 Å². The fourth-order valence-corrected chi connectivity index (χ4v) is 3.85. The number of nitrogens with zero attached hydrogens (tertiary/aromatic N) is 4. The molecule has 28 heavy (non-hydrogen) atoms. The van der Waals surface area contributed by atoms with Gasteiger partial charge in [0.2, 0.25) is 0 Å². The lowest BCUT2D eigenvalue weighted by Gasteiger charge is -2.37. The summed E-state index contributed by atoms with van der Waals surface area (Å²) in [5, 5.41) is 21.2. The minimum absolute atomic E-state index is 0.0199. The van der Waals surface area contributed by atoms with Crippen molar-refractivity contribution in [2.24, 2.45) is 5.92 Å². The quantitative estimate of drug-likeness (QED) is 0.634. The average Bonchev–Trinajstić information content (AvgIpc) is 3.47. The minimum Gasteiger partial charge on any atom is -0.391 e. The van der Waals surface area contributed by atoms with Gasteiger partial charge in [-0.1, -0.05) is 0 Å². The molecule has 3 aromatic rings. The Hall–Kier alpha value is -2.65. The standard InChI is InChI=1S/C19H20F2N6O/c20-12-8-13(21)19(27-7-6-22-14(9-27)17(28)10-3-4-10)24-16(12)15-11-2-1-5-23-18(11)26-25-15/h1-2,5,8,10,14,17,22,28H,3-4,6-7,9H2,(H,23,25,26). The molecule has 146 valence electrons. The first kappa shape index (κ1) is 17.4. The van der Waals surface area contributed by atoms with Gasteiger partial charge in [0.05, 0.1) is 12.1 Å². The Morgan fingerprint density at radius 2 is 2.07 bits per heavy atom. The highest BCUT2D eigenvalue weighted by Crippen LogP contribution is 2.35. The molecule has 2 atom stereocenters. The molecule has 7 nitrogen and oxygen atoms in total. The van der Waals surface area contributed by atoms with Gasteiger partial charge in [0.1, 0.15) is 11.4 Å². The van der Waals surface area contributed by atoms with Crippen LogP contribution in [0, 0.1) is 17.6 Å². The van der Waals surface area contributed by atoms with Crippen molar-refractivity contribution < 1.29 is 13.9 Å². The number of pyridine rings is 2. The molecule has 4 heterocycles. The molecule has 1 saturated carbocycles. The Bertz CT molecular complexity index is 1020. The summed E-state index contributed by atoms with van der Waals surface area (Å²) in [5.74, 6) is -1.11. The summed E-state index contributed by atoms with van der Waals surface area (Å²) in [6.07, 6.45) is 3.18. The molecular weight excluding hydrogens is 366 g/mol. The van der Waals surface area contributed by atoms with E-state index < -0.39 is 17.7 Å². The lowest BCUT2D eigenvalue weighted by Crippen LogP contribution is -2.56. The predicted molar refractivity (Wildman–Crippen MR) is 99.8 cm³/mol. The maximum absolute atomic E-state index is 14.6. The number of aromatic nitrogens is 4. The lowest BCUT2D eigenvalue weighted by molar-refractivity contribution is 0.103. The number of anilines is 1. The van der Waals surface area contributed by atoms with Gasteiger partial charge in [-0.25, -0.2) is 18.7 Å². The third kappa shape index (κ3) is 3.00. The maximum atomic E-state index is 14.6. The second kappa shape index (κ2) is 6.75. The van der Waals surface area contributed by atoms with E-state index in [0.717, 1.165) is 18.9 Å². The highest BCUT2D eigenvalue weighted by Gasteiger charge is 2.37. The Labute approximate surface area is 159 Å². The van der Waals surface area contributed by atoms with Crippen molar-refractivity contribution in [3.8, 4) is 11.4 Å². The van der Waals surface area contributed by atoms with Crippen molar-refractivity contribution in [1.82, 2.24) is 25.5 Å². The average molecular weight is 386 g/mol. The third-order valence-electron chi connectivity index (χ3n) is 5.49. The Balaban J connectivity index is 1.51. The van der Waals surface area contributed by atoms with E-state index in [-0.39, 0.29) is 17.6 Å². The first-order valence-corrected chi connectivity index (χ1v) is 9.43. The van der Waals surface area contributed by atoms with E-state index in [1.54, 1.807) is 23.2 Å². The van der Waals surface area contributed by atoms with Gasteiger partial charge in [-0.05, 0) is 30.9 Å². The van der Waals surface area contributed by atoms with Crippen LogP contribution in [-0.4, -0.2) is 57.1 Å². The fourth-order valence-electron chi connectivity index (χ4n) is 3.85. The summed E-state index contributed by atoms with van der Waals surface area (Å²) in [5.41, 5.74) is 0.791. The van der Waals surface area contributed by atoms with Crippen molar-refractivity contribution in [3.63, 3.8) is 0 Å². The molecule has 2 unspecified atom stereocenters. The number of nitrogens with one attached hydrogen (secondary N) is 2. The number of hydrogen-bond acceptors (Lipinski definition) is 6. The summed E-state index contributed by atoms with van der Waals surface area (Å²) in [6.45, 7) is 1.53. The largest absolute Gasteiger partial charge is 0.391 e. The fraction of sp³-hybridized carbons (Fsp3) is 0.421. The van der Waals surface area contributed by atoms with Gasteiger partial charge < -0.3 is 15.3 Å². The Morgan fingerprint density at radius 1 is 1.21 bits per heavy atom. The lowest BCUT2D eigenvalue weighted by atomic mass is 10.0. The molecule has 1 saturated heterocycles. The number of aliphatic hydroxyl groups excluding tert-OH is 1. The normalized spacial score (nSPS) is 21.2. The summed E-state index contributed by atoms with van der Waals surface area (Å²) in [7, 11) is 0. The van der Waals surface area contributed by atoms with Crippen LogP contribution >= 0.6 is 0 Å². The van der Waals surface area contributed by atoms with Crippen LogP contribution in [0.2, 0.25) is 0 Å². The van der Waals surface area contributed by atoms with Crippen molar-refractivity contribution in [3.05, 3.63) is 36.0 Å². The second-order valence-corrected chi connectivity index (χ2v) is 7.43. The molecule has 9 heteroatoms. The first-order valence-electron chi connectivity index (χ1n) is 9.43. The van der Waals surface area contributed by atoms with Gasteiger partial charge in [0, 0.05) is 37.3 Å². The number of aliphatic hydroxyl groups is 1. The highest BCUT2D eigenvalue weighted by molar-refractivity contribution is 5.89. The number of piperazine rings is 1. The SMILES string of the molecule is OC(C1CC1)C1CN(c2nc(-c3n[nH]c4ncccc34)c(F)cc2F)CCN1. The summed E-state index contributed by atoms with van der Waals surface area (Å²) in [6, 6.07) is 4.18. The molecule has 0 bridgehead atoms. The minimum atomic E-state index is -0.775. The van der Waals surface area contributed by atoms with Crippen LogP contribution in [0.15, 0.2) is 24.4 Å². The van der Waals surface area contributed by atoms with E-state index in [4.69, 9.17) is 0 Å². The van der Waals surface area contributed by atoms with Crippen LogP contribution in [-0.2, 0) is 0 Å². The van der Waals surface area contributed by atoms with Gasteiger partial charge in [0.25, 0.3) is 0 Å². The molecule has 1 aliphatic heterocycles. The molecule has 0 spiro atoms. The van der Waals surface area contributed by atoms with Crippen LogP contribution in [0.3, 0.4) is 0 Å². The van der Waals surface area contributed by atoms with E-state index >= 15 is 0 Å². The molecule has 5 rings (SSSR count). The zero-order chi connectivity index (χ0) is 19.3. The van der Waals surface area contributed by atoms with E-state index in [1.807, 2.05) is 0 Å². The van der Waals surface area contributed by atoms with Gasteiger partial charge in [-0.3, -0.25) is 5.10 Å². The summed E-state index contributed by atoms with van der Waals surface area (Å²) < 4.78 is 29.2. The van der Waals surface area contributed by atoms with Crippen molar-refractivity contribution in [2.45, 2.75) is 25.0 Å². The topological polar surface area (TPSA) is 90.0 Å². The third-order valence-corrected chi connectivity index (χ3v) is 5.49. The molecule has 0 aromatic carbocycles. The zero-order valence-corrected chi connectivity index (χ0v) is 15.1. The molecule has 0 radical (unpaired) electrons. The zero-order valence-electron chi connectivity index (χ0n) is 15.1. The Morgan fingerprint density at radius 3 is 2.89 bits per heavy atom. The number of rotatable bonds is 4. The van der Waals surface area contributed by atoms with E-state index in [2.05, 4.69) is 25.5 Å². The van der Waals surface area contributed by atoms with Crippen molar-refractivity contribution >= 4 is 16.9 Å². The number of halogens is 2. The van der Waals surface area contributed by atoms with E-state index in [9.17, 15) is 13.9 Å². The summed E-state index contributed by atoms with van der Waals surface area (Å²) >= 11 is 0. The number of fused-ring (bicyclic) bond motifs is 1. The van der Waals surface area contributed by atoms with Gasteiger partial charge >= 0.3 is 0 Å². The molecular formula is C19H20F2N6O. The number of H-pyrrole nitrogens is 1. The Kier molecular flexibility index (Phi) is 4.21. The molecule has 2 aliphatic rings. The first-order chi connectivity index (χ1) is 13.6. The second-order valence-electron chi connectivity index (χ2n) is 7.43. The molecule has 3 N–H and O–H groups in total. The maximum Gasteiger partial charge on any atom is 0.168 e. The monoisotopic (exact) mass is 386 g/mol. The van der Waals surface area contributed by atoms with Crippen molar-refractivity contribution in [1.29, 1.82) is 0 Å². The van der Waals surface area contributed by atoms with Crippen molar-refractivity contribution in [2.75, 3.05) is 24.5 Å². The van der Waals surface area contributed by atoms with Crippen LogP contribution in [0.25, 0.3) is 22.4 Å². The van der Waals surface area contributed by atoms with Gasteiger partial charge in [-0.15, -0.1) is 0 Å². The smallest absolute Gasteiger partial charge is 0.168 e. The van der Waals surface area contributed by atoms with E-state index in [0.29, 0.717) is 42.3 Å². The highest BCUT2D eigenvalue weighted by atomic mass is 19.1. The van der Waals surface area contributed by atoms with Gasteiger partial charge in [0.15, 0.2) is 23.1 Å². The predicted octanol–water partition coefficient (Wildman–Crippen LogP) is 1.85. The number of hydrogen-bond donors (Lipinski definition) is 3. The number of aromatic amines is 1. The van der Waals surface area contributed by atoms with E-state index in [1.165, 1.54) is 0 Å². The summed E-state index contributed by atoms with van der Waals surface area (Å²) in [4.78, 5) is 10.2. The molecule has 3 aromatic heterocycles. The molecule has 1 aliphatic carbocycles. The van der Waals surface area contributed by atoms with Crippen LogP contribution in [0.5, 0.6) is 0 Å². The molecule has 2 fully saturated rings. The van der Waals surface area contributed by atoms with Crippen LogP contribution in [0.4, 0.5) is 14.6 Å². The van der Waals surface area contributed by atoms with Gasteiger partial charge in [-0.2, -0.15) is 5.10 Å². The molecule has 0 amide bonds. The van der Waals surface area contributed by atoms with Crippen LogP contribution < -0.4 is 10.2 Å².